The largest absolute Gasteiger partial charge is 0.322 e. The summed E-state index contributed by atoms with van der Waals surface area (Å²) in [5, 5.41) is 2.82. The molecule has 1 aromatic carbocycles. The minimum atomic E-state index is -3.35. The van der Waals surface area contributed by atoms with Crippen molar-refractivity contribution in [3.05, 3.63) is 53.2 Å². The van der Waals surface area contributed by atoms with Crippen LogP contribution in [0.2, 0.25) is 0 Å². The molecule has 0 radical (unpaired) electrons. The standard InChI is InChI=1S/C19H23N3O3S/c1-13-6-4-7-16(14(13)2)17-8-5-11-22(17)19(23)21-15-9-10-18(20-12-15)26(3,24)25/h4,6-7,9-10,12,17H,5,8,11H2,1-3H3,(H,21,23). The van der Waals surface area contributed by atoms with Crippen LogP contribution in [-0.2, 0) is 9.84 Å². The number of carbonyl (C=O) groups is 1. The molecule has 7 heteroatoms. The molecule has 1 atom stereocenters. The Bertz CT molecular complexity index is 924. The van der Waals surface area contributed by atoms with E-state index in [0.717, 1.165) is 19.1 Å². The zero-order valence-electron chi connectivity index (χ0n) is 15.2. The summed E-state index contributed by atoms with van der Waals surface area (Å²) in [5.41, 5.74) is 4.10. The number of amides is 2. The number of rotatable bonds is 3. The molecule has 0 saturated carbocycles. The topological polar surface area (TPSA) is 79.4 Å². The van der Waals surface area contributed by atoms with Gasteiger partial charge >= 0.3 is 6.03 Å². The lowest BCUT2D eigenvalue weighted by molar-refractivity contribution is 0.207. The molecular formula is C19H23N3O3S. The van der Waals surface area contributed by atoms with Crippen molar-refractivity contribution in [1.29, 1.82) is 0 Å². The van der Waals surface area contributed by atoms with E-state index in [1.807, 2.05) is 11.0 Å². The van der Waals surface area contributed by atoms with Gasteiger partial charge in [-0.2, -0.15) is 0 Å². The van der Waals surface area contributed by atoms with Crippen LogP contribution >= 0.6 is 0 Å². The van der Waals surface area contributed by atoms with Gasteiger partial charge in [0.05, 0.1) is 17.9 Å². The monoisotopic (exact) mass is 373 g/mol. The molecule has 2 amide bonds. The maximum Gasteiger partial charge on any atom is 0.322 e. The summed E-state index contributed by atoms with van der Waals surface area (Å²) in [5.74, 6) is 0. The van der Waals surface area contributed by atoms with Gasteiger partial charge in [0.15, 0.2) is 14.9 Å². The maximum atomic E-state index is 12.7. The second-order valence-corrected chi connectivity index (χ2v) is 8.69. The quantitative estimate of drug-likeness (QED) is 0.893. The fraction of sp³-hybridized carbons (Fsp3) is 0.368. The number of anilines is 1. The van der Waals surface area contributed by atoms with E-state index in [1.54, 1.807) is 6.07 Å². The average Bonchev–Trinajstić information content (AvgIpc) is 3.06. The maximum absolute atomic E-state index is 12.7. The number of aromatic nitrogens is 1. The first kappa shape index (κ1) is 18.4. The van der Waals surface area contributed by atoms with Gasteiger partial charge < -0.3 is 10.2 Å². The molecule has 1 aromatic heterocycles. The number of aryl methyl sites for hydroxylation is 1. The molecule has 138 valence electrons. The Morgan fingerprint density at radius 1 is 1.23 bits per heavy atom. The molecule has 3 rings (SSSR count). The van der Waals surface area contributed by atoms with Crippen molar-refractivity contribution in [2.75, 3.05) is 18.1 Å². The van der Waals surface area contributed by atoms with Gasteiger partial charge in [-0.05, 0) is 55.5 Å². The summed E-state index contributed by atoms with van der Waals surface area (Å²) in [6.45, 7) is 4.86. The Labute approximate surface area is 154 Å². The Kier molecular flexibility index (Phi) is 5.00. The molecule has 26 heavy (non-hydrogen) atoms. The van der Waals surface area contributed by atoms with Crippen molar-refractivity contribution in [2.24, 2.45) is 0 Å². The molecule has 1 aliphatic heterocycles. The van der Waals surface area contributed by atoms with Gasteiger partial charge in [-0.3, -0.25) is 0 Å². The lowest BCUT2D eigenvalue weighted by Gasteiger charge is -2.27. The molecule has 1 unspecified atom stereocenters. The third-order valence-corrected chi connectivity index (χ3v) is 5.89. The number of pyridine rings is 1. The number of likely N-dealkylation sites (tertiary alicyclic amines) is 1. The van der Waals surface area contributed by atoms with Crippen LogP contribution in [0, 0.1) is 13.8 Å². The second kappa shape index (κ2) is 7.07. The molecule has 1 aliphatic rings. The van der Waals surface area contributed by atoms with Crippen LogP contribution < -0.4 is 5.32 Å². The Hall–Kier alpha value is -2.41. The van der Waals surface area contributed by atoms with Gasteiger partial charge in [-0.15, -0.1) is 0 Å². The average molecular weight is 373 g/mol. The van der Waals surface area contributed by atoms with Crippen molar-refractivity contribution in [3.8, 4) is 0 Å². The van der Waals surface area contributed by atoms with Crippen LogP contribution in [0.1, 0.15) is 35.6 Å². The molecule has 0 aliphatic carbocycles. The van der Waals surface area contributed by atoms with Gasteiger partial charge in [0, 0.05) is 12.8 Å². The summed E-state index contributed by atoms with van der Waals surface area (Å²) in [7, 11) is -3.35. The summed E-state index contributed by atoms with van der Waals surface area (Å²) >= 11 is 0. The fourth-order valence-corrected chi connectivity index (χ4v) is 3.90. The molecule has 0 spiro atoms. The lowest BCUT2D eigenvalue weighted by Crippen LogP contribution is -2.34. The van der Waals surface area contributed by atoms with Crippen molar-refractivity contribution >= 4 is 21.6 Å². The molecule has 1 N–H and O–H groups in total. The van der Waals surface area contributed by atoms with Crippen LogP contribution in [0.3, 0.4) is 0 Å². The highest BCUT2D eigenvalue weighted by Gasteiger charge is 2.31. The SMILES string of the molecule is Cc1cccc(C2CCCN2C(=O)Nc2ccc(S(C)(=O)=O)nc2)c1C. The predicted octanol–water partition coefficient (Wildman–Crippen LogP) is 3.47. The molecule has 1 saturated heterocycles. The molecule has 0 bridgehead atoms. The normalized spacial score (nSPS) is 17.3. The number of hydrogen-bond donors (Lipinski definition) is 1. The van der Waals surface area contributed by atoms with Gasteiger partial charge in [-0.25, -0.2) is 18.2 Å². The van der Waals surface area contributed by atoms with Crippen molar-refractivity contribution < 1.29 is 13.2 Å². The van der Waals surface area contributed by atoms with Crippen LogP contribution in [-0.4, -0.2) is 37.1 Å². The number of benzene rings is 1. The van der Waals surface area contributed by atoms with Gasteiger partial charge in [-0.1, -0.05) is 18.2 Å². The predicted molar refractivity (Wildman–Crippen MR) is 101 cm³/mol. The van der Waals surface area contributed by atoms with Crippen LogP contribution in [0.4, 0.5) is 10.5 Å². The highest BCUT2D eigenvalue weighted by Crippen LogP contribution is 2.34. The lowest BCUT2D eigenvalue weighted by atomic mass is 9.96. The molecule has 6 nitrogen and oxygen atoms in total. The van der Waals surface area contributed by atoms with E-state index in [1.165, 1.54) is 29.0 Å². The molecule has 2 heterocycles. The van der Waals surface area contributed by atoms with Gasteiger partial charge in [0.25, 0.3) is 0 Å². The summed E-state index contributed by atoms with van der Waals surface area (Å²) in [4.78, 5) is 18.5. The van der Waals surface area contributed by atoms with Crippen molar-refractivity contribution in [1.82, 2.24) is 9.88 Å². The highest BCUT2D eigenvalue weighted by atomic mass is 32.2. The Morgan fingerprint density at radius 3 is 2.65 bits per heavy atom. The van der Waals surface area contributed by atoms with E-state index in [2.05, 4.69) is 36.3 Å². The number of sulfone groups is 1. The van der Waals surface area contributed by atoms with E-state index in [-0.39, 0.29) is 17.1 Å². The third kappa shape index (κ3) is 3.72. The Balaban J connectivity index is 1.77. The van der Waals surface area contributed by atoms with Crippen LogP contribution in [0.25, 0.3) is 0 Å². The Morgan fingerprint density at radius 2 is 2.00 bits per heavy atom. The van der Waals surface area contributed by atoms with Gasteiger partial charge in [0.1, 0.15) is 0 Å². The van der Waals surface area contributed by atoms with E-state index in [0.29, 0.717) is 12.2 Å². The number of nitrogens with one attached hydrogen (secondary N) is 1. The number of nitrogens with zero attached hydrogens (tertiary/aromatic N) is 2. The third-order valence-electron chi connectivity index (χ3n) is 4.89. The minimum Gasteiger partial charge on any atom is -0.317 e. The summed E-state index contributed by atoms with van der Waals surface area (Å²) in [6.07, 6.45) is 4.36. The van der Waals surface area contributed by atoms with E-state index in [9.17, 15) is 13.2 Å². The highest BCUT2D eigenvalue weighted by molar-refractivity contribution is 7.90. The molecule has 2 aromatic rings. The zero-order valence-corrected chi connectivity index (χ0v) is 16.0. The molecule has 1 fully saturated rings. The van der Waals surface area contributed by atoms with Crippen molar-refractivity contribution in [2.45, 2.75) is 37.8 Å². The van der Waals surface area contributed by atoms with E-state index < -0.39 is 9.84 Å². The zero-order chi connectivity index (χ0) is 18.9. The van der Waals surface area contributed by atoms with Crippen LogP contribution in [0.5, 0.6) is 0 Å². The number of carbonyl (C=O) groups excluding carboxylic acids is 1. The van der Waals surface area contributed by atoms with E-state index >= 15 is 0 Å². The summed E-state index contributed by atoms with van der Waals surface area (Å²) in [6, 6.07) is 9.01. The first-order chi connectivity index (χ1) is 12.3. The smallest absolute Gasteiger partial charge is 0.317 e. The van der Waals surface area contributed by atoms with Crippen molar-refractivity contribution in [3.63, 3.8) is 0 Å². The second-order valence-electron chi connectivity index (χ2n) is 6.73. The van der Waals surface area contributed by atoms with Crippen LogP contribution in [0.15, 0.2) is 41.6 Å². The first-order valence-corrected chi connectivity index (χ1v) is 10.5. The van der Waals surface area contributed by atoms with E-state index in [4.69, 9.17) is 0 Å². The number of urea groups is 1. The molecular weight excluding hydrogens is 350 g/mol. The number of hydrogen-bond acceptors (Lipinski definition) is 4. The fourth-order valence-electron chi connectivity index (χ4n) is 3.34. The summed E-state index contributed by atoms with van der Waals surface area (Å²) < 4.78 is 23.0. The first-order valence-electron chi connectivity index (χ1n) is 8.57. The minimum absolute atomic E-state index is 0.00932. The van der Waals surface area contributed by atoms with Gasteiger partial charge in [0.2, 0.25) is 0 Å².